The van der Waals surface area contributed by atoms with Gasteiger partial charge in [0.15, 0.2) is 17.2 Å². The average Bonchev–Trinajstić information content (AvgIpc) is 3.26. The van der Waals surface area contributed by atoms with Gasteiger partial charge in [-0.25, -0.2) is 9.78 Å². The number of H-pyrrole nitrogens is 1. The number of hydrogen-bond donors (Lipinski definition) is 2. The summed E-state index contributed by atoms with van der Waals surface area (Å²) in [4.78, 5) is 27.6. The number of aromatic nitrogens is 6. The fourth-order valence-corrected chi connectivity index (χ4v) is 1.80. The molecule has 0 aliphatic heterocycles. The summed E-state index contributed by atoms with van der Waals surface area (Å²) in [5.74, 6) is -0.641. The van der Waals surface area contributed by atoms with E-state index >= 15 is 0 Å². The third kappa shape index (κ3) is 2.90. The van der Waals surface area contributed by atoms with Crippen LogP contribution < -0.4 is 5.32 Å². The van der Waals surface area contributed by atoms with E-state index in [1.54, 1.807) is 29.4 Å². The van der Waals surface area contributed by atoms with Crippen molar-refractivity contribution in [3.63, 3.8) is 0 Å². The highest BCUT2D eigenvalue weighted by molar-refractivity contribution is 6.06. The lowest BCUT2D eigenvalue weighted by atomic mass is 10.3. The summed E-state index contributed by atoms with van der Waals surface area (Å²) in [5, 5.41) is 16.5. The zero-order valence-corrected chi connectivity index (χ0v) is 11.9. The number of aromatic amines is 1. The minimum Gasteiger partial charge on any atom is -0.464 e. The van der Waals surface area contributed by atoms with Crippen LogP contribution in [0.4, 0.5) is 5.69 Å². The molecular weight excluding hydrogens is 302 g/mol. The number of anilines is 1. The summed E-state index contributed by atoms with van der Waals surface area (Å²) < 4.78 is 6.23. The molecule has 0 fully saturated rings. The van der Waals surface area contributed by atoms with Gasteiger partial charge in [0, 0.05) is 12.4 Å². The van der Waals surface area contributed by atoms with Gasteiger partial charge >= 0.3 is 5.97 Å². The van der Waals surface area contributed by atoms with Gasteiger partial charge in [0.1, 0.15) is 6.33 Å². The Labute approximate surface area is 129 Å². The van der Waals surface area contributed by atoms with Gasteiger partial charge in [0.2, 0.25) is 0 Å². The molecule has 0 unspecified atom stereocenters. The first-order chi connectivity index (χ1) is 11.2. The van der Waals surface area contributed by atoms with E-state index in [0.717, 1.165) is 0 Å². The maximum Gasteiger partial charge on any atom is 0.358 e. The normalized spacial score (nSPS) is 10.3. The number of carbonyl (C=O) groups is 2. The topological polar surface area (TPSA) is 128 Å². The van der Waals surface area contributed by atoms with Crippen LogP contribution in [0.25, 0.3) is 5.82 Å². The number of imidazole rings is 1. The van der Waals surface area contributed by atoms with E-state index in [2.05, 4.69) is 35.4 Å². The fourth-order valence-electron chi connectivity index (χ4n) is 1.80. The molecule has 23 heavy (non-hydrogen) atoms. The number of esters is 1. The molecule has 0 atom stereocenters. The fraction of sp³-hybridized carbons (Fsp3) is 0.0769. The highest BCUT2D eigenvalue weighted by Crippen LogP contribution is 2.14. The minimum atomic E-state index is -0.640. The average molecular weight is 313 g/mol. The summed E-state index contributed by atoms with van der Waals surface area (Å²) in [7, 11) is 1.23. The molecule has 0 saturated carbocycles. The summed E-state index contributed by atoms with van der Waals surface area (Å²) >= 11 is 0. The Morgan fingerprint density at radius 1 is 1.30 bits per heavy atom. The Kier molecular flexibility index (Phi) is 3.78. The van der Waals surface area contributed by atoms with Gasteiger partial charge in [0.05, 0.1) is 19.0 Å². The van der Waals surface area contributed by atoms with Crippen LogP contribution in [0.2, 0.25) is 0 Å². The van der Waals surface area contributed by atoms with Crippen LogP contribution >= 0.6 is 0 Å². The predicted octanol–water partition coefficient (Wildman–Crippen LogP) is 0.424. The van der Waals surface area contributed by atoms with E-state index in [1.807, 2.05) is 0 Å². The predicted molar refractivity (Wildman–Crippen MR) is 77.0 cm³/mol. The number of nitrogens with zero attached hydrogens (tertiary/aromatic N) is 5. The Balaban J connectivity index is 1.76. The molecule has 3 aromatic heterocycles. The van der Waals surface area contributed by atoms with E-state index in [9.17, 15) is 9.59 Å². The second kappa shape index (κ2) is 6.05. The summed E-state index contributed by atoms with van der Waals surface area (Å²) in [6, 6.07) is 3.13. The third-order valence-corrected chi connectivity index (χ3v) is 2.93. The van der Waals surface area contributed by atoms with Crippen molar-refractivity contribution in [3.05, 3.63) is 48.4 Å². The molecule has 10 heteroatoms. The Morgan fingerprint density at radius 3 is 2.83 bits per heavy atom. The Bertz CT molecular complexity index is 824. The third-order valence-electron chi connectivity index (χ3n) is 2.93. The van der Waals surface area contributed by atoms with Crippen molar-refractivity contribution in [2.24, 2.45) is 0 Å². The number of methoxy groups -OCH3 is 1. The van der Waals surface area contributed by atoms with E-state index in [0.29, 0.717) is 5.82 Å². The van der Waals surface area contributed by atoms with Gasteiger partial charge in [-0.05, 0) is 12.1 Å². The number of rotatable bonds is 4. The molecule has 0 spiro atoms. The van der Waals surface area contributed by atoms with Crippen molar-refractivity contribution in [2.75, 3.05) is 12.4 Å². The van der Waals surface area contributed by atoms with Crippen molar-refractivity contribution in [3.8, 4) is 5.82 Å². The van der Waals surface area contributed by atoms with Crippen molar-refractivity contribution in [1.29, 1.82) is 0 Å². The first-order valence-corrected chi connectivity index (χ1v) is 6.44. The zero-order chi connectivity index (χ0) is 16.2. The minimum absolute atomic E-state index is 0.0452. The van der Waals surface area contributed by atoms with Gasteiger partial charge < -0.3 is 10.1 Å². The van der Waals surface area contributed by atoms with Crippen molar-refractivity contribution in [1.82, 2.24) is 29.9 Å². The van der Waals surface area contributed by atoms with Gasteiger partial charge in [-0.2, -0.15) is 5.10 Å². The molecule has 3 heterocycles. The molecule has 3 rings (SSSR count). The number of nitrogens with one attached hydrogen (secondary N) is 2. The quantitative estimate of drug-likeness (QED) is 0.668. The monoisotopic (exact) mass is 313 g/mol. The van der Waals surface area contributed by atoms with E-state index < -0.39 is 11.9 Å². The van der Waals surface area contributed by atoms with Crippen LogP contribution in [0.3, 0.4) is 0 Å². The smallest absolute Gasteiger partial charge is 0.358 e. The molecule has 0 aliphatic rings. The highest BCUT2D eigenvalue weighted by Gasteiger charge is 2.17. The zero-order valence-electron chi connectivity index (χ0n) is 11.9. The first-order valence-electron chi connectivity index (χ1n) is 6.44. The molecular formula is C13H11N7O3. The molecule has 116 valence electrons. The Morgan fingerprint density at radius 2 is 2.17 bits per heavy atom. The molecule has 1 amide bonds. The van der Waals surface area contributed by atoms with E-state index in [-0.39, 0.29) is 17.1 Å². The molecule has 2 N–H and O–H groups in total. The standard InChI is InChI=1S/C13H11N7O3/c1-23-13(22)11-9(6-15-19-11)16-12(21)8-2-3-10(18-17-8)20-5-4-14-7-20/h2-7H,1H3,(H,15,19)(H,16,21). The van der Waals surface area contributed by atoms with Gasteiger partial charge in [-0.3, -0.25) is 14.5 Å². The van der Waals surface area contributed by atoms with Crippen LogP contribution in [-0.4, -0.2) is 48.9 Å². The molecule has 10 nitrogen and oxygen atoms in total. The second-order valence-electron chi connectivity index (χ2n) is 4.35. The SMILES string of the molecule is COC(=O)c1[nH]ncc1NC(=O)c1ccc(-n2ccnc2)nn1. The van der Waals surface area contributed by atoms with Crippen LogP contribution in [0, 0.1) is 0 Å². The summed E-state index contributed by atoms with van der Waals surface area (Å²) in [5.41, 5.74) is 0.331. The molecule has 0 aromatic carbocycles. The molecule has 0 radical (unpaired) electrons. The van der Waals surface area contributed by atoms with E-state index in [4.69, 9.17) is 0 Å². The Hall–Kier alpha value is -3.56. The highest BCUT2D eigenvalue weighted by atomic mass is 16.5. The first kappa shape index (κ1) is 14.4. The van der Waals surface area contributed by atoms with Gasteiger partial charge in [-0.1, -0.05) is 0 Å². The lowest BCUT2D eigenvalue weighted by Gasteiger charge is -2.05. The molecule has 3 aromatic rings. The number of amides is 1. The molecule has 0 aliphatic carbocycles. The van der Waals surface area contributed by atoms with Crippen molar-refractivity contribution >= 4 is 17.6 Å². The summed E-state index contributed by atoms with van der Waals surface area (Å²) in [6.45, 7) is 0. The maximum absolute atomic E-state index is 12.1. The lowest BCUT2D eigenvalue weighted by Crippen LogP contribution is -2.17. The van der Waals surface area contributed by atoms with Gasteiger partial charge in [-0.15, -0.1) is 10.2 Å². The molecule has 0 saturated heterocycles. The summed E-state index contributed by atoms with van der Waals surface area (Å²) in [6.07, 6.45) is 6.18. The number of hydrogen-bond acceptors (Lipinski definition) is 7. The van der Waals surface area contributed by atoms with E-state index in [1.165, 1.54) is 19.4 Å². The van der Waals surface area contributed by atoms with Crippen LogP contribution in [0.1, 0.15) is 21.0 Å². The van der Waals surface area contributed by atoms with Crippen LogP contribution in [0.15, 0.2) is 37.1 Å². The second-order valence-corrected chi connectivity index (χ2v) is 4.35. The molecule has 0 bridgehead atoms. The lowest BCUT2D eigenvalue weighted by molar-refractivity contribution is 0.0595. The number of ether oxygens (including phenoxy) is 1. The van der Waals surface area contributed by atoms with Crippen molar-refractivity contribution < 1.29 is 14.3 Å². The number of carbonyl (C=O) groups excluding carboxylic acids is 2. The maximum atomic E-state index is 12.1. The van der Waals surface area contributed by atoms with Gasteiger partial charge in [0.25, 0.3) is 5.91 Å². The van der Waals surface area contributed by atoms with Crippen LogP contribution in [0.5, 0.6) is 0 Å². The largest absolute Gasteiger partial charge is 0.464 e. The van der Waals surface area contributed by atoms with Crippen molar-refractivity contribution in [2.45, 2.75) is 0 Å². The van der Waals surface area contributed by atoms with Crippen LogP contribution in [-0.2, 0) is 4.74 Å².